The van der Waals surface area contributed by atoms with Gasteiger partial charge in [-0.05, 0) is 31.2 Å². The van der Waals surface area contributed by atoms with Gasteiger partial charge < -0.3 is 10.2 Å². The maximum Gasteiger partial charge on any atom is 0.269 e. The predicted octanol–water partition coefficient (Wildman–Crippen LogP) is 2.74. The number of benzene rings is 2. The normalized spacial score (nSPS) is 16.1. The monoisotopic (exact) mass is 354 g/mol. The lowest BCUT2D eigenvalue weighted by Crippen LogP contribution is -2.52. The molecule has 1 atom stereocenters. The molecule has 0 radical (unpaired) electrons. The van der Waals surface area contributed by atoms with Crippen LogP contribution in [0.15, 0.2) is 54.6 Å². The average Bonchev–Trinajstić information content (AvgIpc) is 2.68. The average molecular weight is 354 g/mol. The summed E-state index contributed by atoms with van der Waals surface area (Å²) in [6, 6.07) is 15.8. The van der Waals surface area contributed by atoms with Crippen LogP contribution >= 0.6 is 0 Å². The van der Waals surface area contributed by atoms with Gasteiger partial charge in [-0.15, -0.1) is 0 Å². The number of non-ortho nitro benzene ring substituents is 1. The van der Waals surface area contributed by atoms with Gasteiger partial charge in [0.05, 0.1) is 11.0 Å². The number of nitrogens with zero attached hydrogens (tertiary/aromatic N) is 3. The van der Waals surface area contributed by atoms with E-state index >= 15 is 0 Å². The van der Waals surface area contributed by atoms with E-state index < -0.39 is 4.92 Å². The number of nitrogens with one attached hydrogen (secondary N) is 1. The van der Waals surface area contributed by atoms with Crippen molar-refractivity contribution >= 4 is 23.0 Å². The molecule has 1 heterocycles. The summed E-state index contributed by atoms with van der Waals surface area (Å²) in [5.74, 6) is -0.0139. The third-order valence-corrected chi connectivity index (χ3v) is 4.71. The smallest absolute Gasteiger partial charge is 0.269 e. The first kappa shape index (κ1) is 17.9. The fourth-order valence-electron chi connectivity index (χ4n) is 3.09. The van der Waals surface area contributed by atoms with Crippen LogP contribution < -0.4 is 10.2 Å². The Hall–Kier alpha value is -2.93. The largest absolute Gasteiger partial charge is 0.369 e. The van der Waals surface area contributed by atoms with Crippen molar-refractivity contribution in [2.45, 2.75) is 13.0 Å². The Balaban J connectivity index is 1.54. The Kier molecular flexibility index (Phi) is 5.48. The van der Waals surface area contributed by atoms with Crippen LogP contribution in [0, 0.1) is 10.1 Å². The molecule has 0 aliphatic carbocycles. The Morgan fingerprint density at radius 3 is 2.23 bits per heavy atom. The van der Waals surface area contributed by atoms with Gasteiger partial charge in [-0.25, -0.2) is 0 Å². The van der Waals surface area contributed by atoms with Crippen LogP contribution in [0.25, 0.3) is 0 Å². The SMILES string of the molecule is C[C@@H](C(=O)Nc1ccccc1)N1CCN(c2ccc([N+](=O)[O-])cc2)CC1. The maximum atomic E-state index is 12.4. The topological polar surface area (TPSA) is 78.7 Å². The zero-order chi connectivity index (χ0) is 18.5. The number of nitro groups is 1. The highest BCUT2D eigenvalue weighted by Gasteiger charge is 2.25. The third-order valence-electron chi connectivity index (χ3n) is 4.71. The molecular formula is C19H22N4O3. The maximum absolute atomic E-state index is 12.4. The molecule has 1 N–H and O–H groups in total. The lowest BCUT2D eigenvalue weighted by atomic mass is 10.2. The van der Waals surface area contributed by atoms with E-state index in [1.807, 2.05) is 37.3 Å². The zero-order valence-electron chi connectivity index (χ0n) is 14.7. The van der Waals surface area contributed by atoms with E-state index in [2.05, 4.69) is 15.1 Å². The lowest BCUT2D eigenvalue weighted by Gasteiger charge is -2.38. The van der Waals surface area contributed by atoms with Gasteiger partial charge in [0.15, 0.2) is 0 Å². The molecule has 1 amide bonds. The highest BCUT2D eigenvalue weighted by molar-refractivity contribution is 5.94. The van der Waals surface area contributed by atoms with E-state index in [0.29, 0.717) is 0 Å². The Bertz CT molecular complexity index is 756. The molecule has 1 aliphatic rings. The summed E-state index contributed by atoms with van der Waals surface area (Å²) in [5.41, 5.74) is 1.86. The molecule has 1 aliphatic heterocycles. The minimum atomic E-state index is -0.394. The molecule has 3 rings (SSSR count). The van der Waals surface area contributed by atoms with Crippen LogP contribution in [-0.2, 0) is 4.79 Å². The third kappa shape index (κ3) is 4.18. The van der Waals surface area contributed by atoms with Crippen LogP contribution in [0.2, 0.25) is 0 Å². The fourth-order valence-corrected chi connectivity index (χ4v) is 3.09. The van der Waals surface area contributed by atoms with Gasteiger partial charge in [0.25, 0.3) is 5.69 Å². The molecular weight excluding hydrogens is 332 g/mol. The Morgan fingerprint density at radius 1 is 1.04 bits per heavy atom. The van der Waals surface area contributed by atoms with Crippen LogP contribution in [0.5, 0.6) is 0 Å². The van der Waals surface area contributed by atoms with Crippen LogP contribution in [-0.4, -0.2) is 48.0 Å². The van der Waals surface area contributed by atoms with Crippen molar-refractivity contribution in [2.75, 3.05) is 36.4 Å². The zero-order valence-corrected chi connectivity index (χ0v) is 14.7. The van der Waals surface area contributed by atoms with E-state index in [1.165, 1.54) is 12.1 Å². The number of nitro benzene ring substituents is 1. The molecule has 0 aromatic heterocycles. The molecule has 1 fully saturated rings. The second-order valence-corrected chi connectivity index (χ2v) is 6.33. The molecule has 0 bridgehead atoms. The quantitative estimate of drug-likeness (QED) is 0.660. The number of piperazine rings is 1. The van der Waals surface area contributed by atoms with Crippen molar-refractivity contribution in [1.29, 1.82) is 0 Å². The summed E-state index contributed by atoms with van der Waals surface area (Å²) < 4.78 is 0. The van der Waals surface area contributed by atoms with Crippen LogP contribution in [0.3, 0.4) is 0 Å². The molecule has 1 saturated heterocycles. The van der Waals surface area contributed by atoms with Gasteiger partial charge in [0.2, 0.25) is 5.91 Å². The molecule has 2 aromatic carbocycles. The number of hydrogen-bond donors (Lipinski definition) is 1. The summed E-state index contributed by atoms with van der Waals surface area (Å²) in [5, 5.41) is 13.7. The Morgan fingerprint density at radius 2 is 1.65 bits per heavy atom. The minimum absolute atomic E-state index is 0.0139. The van der Waals surface area contributed by atoms with E-state index in [4.69, 9.17) is 0 Å². The summed E-state index contributed by atoms with van der Waals surface area (Å²) in [6.45, 7) is 5.00. The molecule has 136 valence electrons. The molecule has 0 unspecified atom stereocenters. The van der Waals surface area contributed by atoms with Crippen molar-refractivity contribution in [3.05, 3.63) is 64.7 Å². The van der Waals surface area contributed by atoms with Crippen LogP contribution in [0.1, 0.15) is 6.92 Å². The molecule has 0 spiro atoms. The fraction of sp³-hybridized carbons (Fsp3) is 0.316. The number of amides is 1. The first-order valence-corrected chi connectivity index (χ1v) is 8.64. The number of para-hydroxylation sites is 1. The van der Waals surface area contributed by atoms with Crippen molar-refractivity contribution in [2.24, 2.45) is 0 Å². The number of rotatable bonds is 5. The lowest BCUT2D eigenvalue weighted by molar-refractivity contribution is -0.384. The predicted molar refractivity (Wildman–Crippen MR) is 101 cm³/mol. The molecule has 2 aromatic rings. The number of carbonyl (C=O) groups excluding carboxylic acids is 1. The Labute approximate surface area is 152 Å². The van der Waals surface area contributed by atoms with Gasteiger partial charge >= 0.3 is 0 Å². The van der Waals surface area contributed by atoms with Crippen molar-refractivity contribution < 1.29 is 9.72 Å². The number of carbonyl (C=O) groups is 1. The highest BCUT2D eigenvalue weighted by Crippen LogP contribution is 2.21. The van der Waals surface area contributed by atoms with Gasteiger partial charge in [-0.1, -0.05) is 18.2 Å². The summed E-state index contributed by atoms with van der Waals surface area (Å²) >= 11 is 0. The highest BCUT2D eigenvalue weighted by atomic mass is 16.6. The van der Waals surface area contributed by atoms with E-state index in [1.54, 1.807) is 12.1 Å². The molecule has 0 saturated carbocycles. The van der Waals surface area contributed by atoms with E-state index in [-0.39, 0.29) is 17.6 Å². The minimum Gasteiger partial charge on any atom is -0.369 e. The second kappa shape index (κ2) is 7.97. The van der Waals surface area contributed by atoms with Crippen molar-refractivity contribution in [3.63, 3.8) is 0 Å². The van der Waals surface area contributed by atoms with Crippen LogP contribution in [0.4, 0.5) is 17.1 Å². The van der Waals surface area contributed by atoms with Gasteiger partial charge in [-0.3, -0.25) is 19.8 Å². The van der Waals surface area contributed by atoms with Gasteiger partial charge in [0.1, 0.15) is 0 Å². The molecule has 7 heteroatoms. The second-order valence-electron chi connectivity index (χ2n) is 6.33. The number of hydrogen-bond acceptors (Lipinski definition) is 5. The first-order valence-electron chi connectivity index (χ1n) is 8.64. The summed E-state index contributed by atoms with van der Waals surface area (Å²) in [7, 11) is 0. The van der Waals surface area contributed by atoms with Gasteiger partial charge in [0, 0.05) is 49.7 Å². The summed E-state index contributed by atoms with van der Waals surface area (Å²) in [4.78, 5) is 27.1. The van der Waals surface area contributed by atoms with E-state index in [9.17, 15) is 14.9 Å². The molecule has 7 nitrogen and oxygen atoms in total. The molecule has 26 heavy (non-hydrogen) atoms. The van der Waals surface area contributed by atoms with E-state index in [0.717, 1.165) is 37.6 Å². The standard InChI is InChI=1S/C19H22N4O3/c1-15(19(24)20-16-5-3-2-4-6-16)21-11-13-22(14-12-21)17-7-9-18(10-8-17)23(25)26/h2-10,15H,11-14H2,1H3,(H,20,24)/t15-/m0/s1. The van der Waals surface area contributed by atoms with Crippen molar-refractivity contribution in [1.82, 2.24) is 4.90 Å². The summed E-state index contributed by atoms with van der Waals surface area (Å²) in [6.07, 6.45) is 0. The number of anilines is 2. The van der Waals surface area contributed by atoms with Gasteiger partial charge in [-0.2, -0.15) is 0 Å². The van der Waals surface area contributed by atoms with Crippen molar-refractivity contribution in [3.8, 4) is 0 Å². The first-order chi connectivity index (χ1) is 12.5.